The van der Waals surface area contributed by atoms with Crippen molar-refractivity contribution < 1.29 is 17.9 Å². The number of anilines is 1. The second-order valence-corrected chi connectivity index (χ2v) is 4.51. The van der Waals surface area contributed by atoms with Gasteiger partial charge < -0.3 is 10.5 Å². The molecule has 0 radical (unpaired) electrons. The molecule has 0 aliphatic rings. The molecule has 0 spiro atoms. The minimum absolute atomic E-state index is 0.152. The largest absolute Gasteiger partial charge is 0.493 e. The first-order valence-corrected chi connectivity index (χ1v) is 6.51. The molecule has 2 rings (SSSR count). The van der Waals surface area contributed by atoms with Gasteiger partial charge in [0.15, 0.2) is 0 Å². The molecule has 5 nitrogen and oxygen atoms in total. The molecule has 0 atom stereocenters. The van der Waals surface area contributed by atoms with Crippen molar-refractivity contribution in [1.29, 1.82) is 0 Å². The van der Waals surface area contributed by atoms with E-state index in [1.165, 1.54) is 17.0 Å². The topological polar surface area (TPSA) is 65.4 Å². The maximum absolute atomic E-state index is 12.8. The number of hydrogen-bond acceptors (Lipinski definition) is 4. The molecule has 2 N–H and O–H groups in total. The smallest absolute Gasteiger partial charge is 0.416 e. The summed E-state index contributed by atoms with van der Waals surface area (Å²) in [5, 5.41) is 4.02. The molecule has 1 aromatic carbocycles. The molecule has 118 valence electrons. The van der Waals surface area contributed by atoms with E-state index in [-0.39, 0.29) is 11.5 Å². The van der Waals surface area contributed by atoms with E-state index in [9.17, 15) is 13.2 Å². The van der Waals surface area contributed by atoms with Gasteiger partial charge in [-0.1, -0.05) is 0 Å². The van der Waals surface area contributed by atoms with Crippen molar-refractivity contribution in [1.82, 2.24) is 9.66 Å². The van der Waals surface area contributed by atoms with Crippen molar-refractivity contribution in [2.75, 3.05) is 12.3 Å². The third-order valence-corrected chi connectivity index (χ3v) is 2.79. The molecule has 22 heavy (non-hydrogen) atoms. The number of aryl methyl sites for hydroxylation is 1. The van der Waals surface area contributed by atoms with Crippen LogP contribution in [0.4, 0.5) is 19.1 Å². The van der Waals surface area contributed by atoms with Crippen LogP contribution >= 0.6 is 0 Å². The zero-order valence-electron chi connectivity index (χ0n) is 12.1. The summed E-state index contributed by atoms with van der Waals surface area (Å²) in [6, 6.07) is 3.22. The molecule has 0 aliphatic carbocycles. The Labute approximate surface area is 125 Å². The molecule has 0 amide bonds. The monoisotopic (exact) mass is 312 g/mol. The standard InChI is InChI=1S/C14H15F3N4O/c1-3-22-12-5-4-11(14(15,16)17)6-10(12)7-19-21-8-9(2)20-13(21)18/h4-8H,3H2,1-2H3,(H2,18,20). The van der Waals surface area contributed by atoms with E-state index in [1.54, 1.807) is 20.0 Å². The van der Waals surface area contributed by atoms with Crippen molar-refractivity contribution in [2.24, 2.45) is 5.10 Å². The van der Waals surface area contributed by atoms with Crippen LogP contribution in [0.15, 0.2) is 29.5 Å². The Hall–Kier alpha value is -2.51. The molecule has 1 aromatic heterocycles. The number of hydrogen-bond donors (Lipinski definition) is 1. The fraction of sp³-hybridized carbons (Fsp3) is 0.286. The molecule has 0 unspecified atom stereocenters. The Morgan fingerprint density at radius 3 is 2.68 bits per heavy atom. The number of benzene rings is 1. The quantitative estimate of drug-likeness (QED) is 0.882. The molecule has 8 heteroatoms. The van der Waals surface area contributed by atoms with E-state index < -0.39 is 11.7 Å². The van der Waals surface area contributed by atoms with Crippen LogP contribution in [0.25, 0.3) is 0 Å². The minimum atomic E-state index is -4.43. The van der Waals surface area contributed by atoms with Crippen LogP contribution in [0.3, 0.4) is 0 Å². The first-order valence-electron chi connectivity index (χ1n) is 6.51. The van der Waals surface area contributed by atoms with Gasteiger partial charge in [0.1, 0.15) is 5.75 Å². The molecular weight excluding hydrogens is 297 g/mol. The highest BCUT2D eigenvalue weighted by atomic mass is 19.4. The van der Waals surface area contributed by atoms with E-state index in [1.807, 2.05) is 0 Å². The fourth-order valence-corrected chi connectivity index (χ4v) is 1.83. The van der Waals surface area contributed by atoms with Crippen LogP contribution in [0, 0.1) is 6.92 Å². The molecule has 0 bridgehead atoms. The fourth-order valence-electron chi connectivity index (χ4n) is 1.83. The number of alkyl halides is 3. The molecule has 0 aliphatic heterocycles. The third-order valence-electron chi connectivity index (χ3n) is 2.79. The zero-order chi connectivity index (χ0) is 16.3. The minimum Gasteiger partial charge on any atom is -0.493 e. The van der Waals surface area contributed by atoms with E-state index in [4.69, 9.17) is 10.5 Å². The number of halogens is 3. The summed E-state index contributed by atoms with van der Waals surface area (Å²) >= 11 is 0. The number of aromatic nitrogens is 2. The Balaban J connectivity index is 2.40. The van der Waals surface area contributed by atoms with Crippen molar-refractivity contribution in [3.8, 4) is 5.75 Å². The van der Waals surface area contributed by atoms with E-state index in [0.717, 1.165) is 12.1 Å². The Morgan fingerprint density at radius 1 is 1.41 bits per heavy atom. The maximum Gasteiger partial charge on any atom is 0.416 e. The second kappa shape index (κ2) is 6.08. The van der Waals surface area contributed by atoms with Gasteiger partial charge in [0, 0.05) is 5.56 Å². The lowest BCUT2D eigenvalue weighted by Crippen LogP contribution is -2.07. The lowest BCUT2D eigenvalue weighted by molar-refractivity contribution is -0.137. The van der Waals surface area contributed by atoms with Crippen LogP contribution in [0.5, 0.6) is 5.75 Å². The zero-order valence-corrected chi connectivity index (χ0v) is 12.1. The van der Waals surface area contributed by atoms with Crippen LogP contribution in [0.1, 0.15) is 23.7 Å². The average Bonchev–Trinajstić information content (AvgIpc) is 2.75. The number of ether oxygens (including phenoxy) is 1. The summed E-state index contributed by atoms with van der Waals surface area (Å²) < 4.78 is 45.0. The predicted molar refractivity (Wildman–Crippen MR) is 77.0 cm³/mol. The van der Waals surface area contributed by atoms with Crippen LogP contribution in [0.2, 0.25) is 0 Å². The summed E-state index contributed by atoms with van der Waals surface area (Å²) in [6.07, 6.45) is -1.60. The van der Waals surface area contributed by atoms with Gasteiger partial charge in [0.2, 0.25) is 5.95 Å². The SMILES string of the molecule is CCOc1ccc(C(F)(F)F)cc1C=Nn1cc(C)nc1N. The van der Waals surface area contributed by atoms with Gasteiger partial charge in [0.05, 0.1) is 30.3 Å². The van der Waals surface area contributed by atoms with Crippen LogP contribution in [-0.4, -0.2) is 22.5 Å². The van der Waals surface area contributed by atoms with Gasteiger partial charge >= 0.3 is 6.18 Å². The number of rotatable bonds is 4. The number of imidazole rings is 1. The molecule has 1 heterocycles. The van der Waals surface area contributed by atoms with Crippen LogP contribution < -0.4 is 10.5 Å². The van der Waals surface area contributed by atoms with Gasteiger partial charge in [0.25, 0.3) is 0 Å². The second-order valence-electron chi connectivity index (χ2n) is 4.51. The van der Waals surface area contributed by atoms with Crippen LogP contribution in [-0.2, 0) is 6.18 Å². The van der Waals surface area contributed by atoms with Gasteiger partial charge in [-0.3, -0.25) is 0 Å². The summed E-state index contributed by atoms with van der Waals surface area (Å²) in [5.41, 5.74) is 5.72. The first-order chi connectivity index (χ1) is 10.3. The summed E-state index contributed by atoms with van der Waals surface area (Å²) in [4.78, 5) is 3.95. The lowest BCUT2D eigenvalue weighted by Gasteiger charge is -2.11. The van der Waals surface area contributed by atoms with Crippen molar-refractivity contribution in [3.05, 3.63) is 41.2 Å². The van der Waals surface area contributed by atoms with E-state index >= 15 is 0 Å². The number of nitrogen functional groups attached to an aromatic ring is 1. The highest BCUT2D eigenvalue weighted by Gasteiger charge is 2.31. The Morgan fingerprint density at radius 2 is 2.14 bits per heavy atom. The summed E-state index contributed by atoms with van der Waals surface area (Å²) in [6.45, 7) is 3.81. The first kappa shape index (κ1) is 15.9. The molecule has 0 fully saturated rings. The van der Waals surface area contributed by atoms with Crippen molar-refractivity contribution in [2.45, 2.75) is 20.0 Å². The lowest BCUT2D eigenvalue weighted by atomic mass is 10.1. The Bertz CT molecular complexity index is 692. The Kier molecular flexibility index (Phi) is 4.39. The van der Waals surface area contributed by atoms with Gasteiger partial charge in [-0.05, 0) is 32.0 Å². The predicted octanol–water partition coefficient (Wildman–Crippen LogP) is 3.07. The van der Waals surface area contributed by atoms with Gasteiger partial charge in [-0.2, -0.15) is 18.3 Å². The van der Waals surface area contributed by atoms with Gasteiger partial charge in [-0.15, -0.1) is 0 Å². The number of nitrogens with zero attached hydrogens (tertiary/aromatic N) is 3. The normalized spacial score (nSPS) is 12.0. The average molecular weight is 312 g/mol. The van der Waals surface area contributed by atoms with Crippen molar-refractivity contribution >= 4 is 12.2 Å². The third kappa shape index (κ3) is 3.57. The number of nitrogens with two attached hydrogens (primary N) is 1. The summed E-state index contributed by atoms with van der Waals surface area (Å²) in [7, 11) is 0. The van der Waals surface area contributed by atoms with E-state index in [0.29, 0.717) is 18.1 Å². The van der Waals surface area contributed by atoms with E-state index in [2.05, 4.69) is 10.1 Å². The molecular formula is C14H15F3N4O. The molecule has 0 saturated heterocycles. The summed E-state index contributed by atoms with van der Waals surface area (Å²) in [5.74, 6) is 0.466. The van der Waals surface area contributed by atoms with Crippen molar-refractivity contribution in [3.63, 3.8) is 0 Å². The maximum atomic E-state index is 12.8. The molecule has 0 saturated carbocycles. The molecule has 2 aromatic rings. The van der Waals surface area contributed by atoms with Gasteiger partial charge in [-0.25, -0.2) is 9.66 Å². The highest BCUT2D eigenvalue weighted by Crippen LogP contribution is 2.32. The highest BCUT2D eigenvalue weighted by molar-refractivity contribution is 5.84.